The third kappa shape index (κ3) is 14.6. The molecule has 8 atom stereocenters. The molecule has 3 rings (SSSR count). The number of aliphatic hydroxyl groups is 3. The lowest BCUT2D eigenvalue weighted by molar-refractivity contribution is -0.147. The largest absolute Gasteiger partial charge is 0.455 e. The second kappa shape index (κ2) is 21.1. The monoisotopic (exact) mass is 652 g/mol. The molecular weight excluding hydrogens is 584 g/mol. The predicted octanol–water partition coefficient (Wildman–Crippen LogP) is 7.83. The molecule has 0 unspecified atom stereocenters. The van der Waals surface area contributed by atoms with Crippen LogP contribution in [0.3, 0.4) is 0 Å². The summed E-state index contributed by atoms with van der Waals surface area (Å²) in [5.74, 6) is -0.920. The van der Waals surface area contributed by atoms with Crippen LogP contribution in [0, 0.1) is 0 Å². The molecule has 0 bridgehead atoms. The lowest BCUT2D eigenvalue weighted by Crippen LogP contribution is -2.31. The number of carbonyl (C=O) groups is 1. The van der Waals surface area contributed by atoms with E-state index in [-0.39, 0.29) is 36.5 Å². The van der Waals surface area contributed by atoms with Gasteiger partial charge in [-0.1, -0.05) is 90.4 Å². The molecule has 46 heavy (non-hydrogen) atoms. The van der Waals surface area contributed by atoms with Gasteiger partial charge in [-0.15, -0.1) is 0 Å². The molecular formula is C38H68O8. The second-order valence-corrected chi connectivity index (χ2v) is 14.8. The van der Waals surface area contributed by atoms with E-state index in [9.17, 15) is 20.1 Å². The van der Waals surface area contributed by atoms with Crippen LogP contribution >= 0.6 is 0 Å². The average molecular weight is 653 g/mol. The van der Waals surface area contributed by atoms with Gasteiger partial charge in [0, 0.05) is 12.0 Å². The fraction of sp³-hybridized carbons (Fsp3) is 0.921. The number of hydrogen-bond donors (Lipinski definition) is 3. The van der Waals surface area contributed by atoms with Gasteiger partial charge in [0.2, 0.25) is 0 Å². The summed E-state index contributed by atoms with van der Waals surface area (Å²) in [6.45, 7) is 8.01. The zero-order chi connectivity index (χ0) is 33.4. The smallest absolute Gasteiger partial charge is 0.334 e. The third-order valence-electron chi connectivity index (χ3n) is 10.0. The highest BCUT2D eigenvalue weighted by Gasteiger charge is 2.41. The van der Waals surface area contributed by atoms with Crippen LogP contribution in [0.25, 0.3) is 0 Å². The average Bonchev–Trinajstić information content (AvgIpc) is 3.70. The highest BCUT2D eigenvalue weighted by Crippen LogP contribution is 2.35. The zero-order valence-electron chi connectivity index (χ0n) is 29.6. The summed E-state index contributed by atoms with van der Waals surface area (Å²) >= 11 is 0. The second-order valence-electron chi connectivity index (χ2n) is 14.8. The minimum Gasteiger partial charge on any atom is -0.455 e. The van der Waals surface area contributed by atoms with Crippen molar-refractivity contribution in [2.75, 3.05) is 0 Å². The van der Waals surface area contributed by atoms with Crippen molar-refractivity contribution in [1.29, 1.82) is 0 Å². The zero-order valence-corrected chi connectivity index (χ0v) is 29.6. The summed E-state index contributed by atoms with van der Waals surface area (Å²) in [4.78, 5) is 11.8. The molecule has 3 aliphatic heterocycles. The van der Waals surface area contributed by atoms with Crippen LogP contribution in [0.4, 0.5) is 0 Å². The Morgan fingerprint density at radius 1 is 0.739 bits per heavy atom. The van der Waals surface area contributed by atoms with Gasteiger partial charge in [-0.2, -0.15) is 0 Å². The van der Waals surface area contributed by atoms with Crippen molar-refractivity contribution in [3.8, 4) is 0 Å². The van der Waals surface area contributed by atoms with Gasteiger partial charge in [0.1, 0.15) is 6.10 Å². The van der Waals surface area contributed by atoms with E-state index in [0.717, 1.165) is 64.2 Å². The van der Waals surface area contributed by atoms with Gasteiger partial charge in [0.15, 0.2) is 5.79 Å². The van der Waals surface area contributed by atoms with Crippen LogP contribution < -0.4 is 0 Å². The van der Waals surface area contributed by atoms with E-state index in [4.69, 9.17) is 18.9 Å². The molecule has 2 saturated heterocycles. The predicted molar refractivity (Wildman–Crippen MR) is 181 cm³/mol. The van der Waals surface area contributed by atoms with E-state index in [2.05, 4.69) is 6.92 Å². The van der Waals surface area contributed by atoms with Crippen molar-refractivity contribution in [3.63, 3.8) is 0 Å². The molecule has 3 heterocycles. The van der Waals surface area contributed by atoms with E-state index < -0.39 is 24.1 Å². The number of rotatable bonds is 25. The Morgan fingerprint density at radius 2 is 1.24 bits per heavy atom. The van der Waals surface area contributed by atoms with Crippen molar-refractivity contribution in [3.05, 3.63) is 11.6 Å². The van der Waals surface area contributed by atoms with E-state index in [1.54, 1.807) is 6.08 Å². The number of unbranched alkanes of at least 4 members (excludes halogenated alkanes) is 11. The van der Waals surface area contributed by atoms with Gasteiger partial charge >= 0.3 is 5.97 Å². The first kappa shape index (κ1) is 39.4. The molecule has 0 aliphatic carbocycles. The Labute approximate surface area is 280 Å². The maximum Gasteiger partial charge on any atom is 0.334 e. The molecule has 0 radical (unpaired) electrons. The minimum absolute atomic E-state index is 0.00442. The maximum atomic E-state index is 11.8. The molecule has 2 fully saturated rings. The fourth-order valence-corrected chi connectivity index (χ4v) is 7.43. The lowest BCUT2D eigenvalue weighted by atomic mass is 9.97. The molecule has 8 heteroatoms. The molecule has 8 nitrogen and oxygen atoms in total. The molecule has 0 aromatic heterocycles. The number of cyclic esters (lactones) is 1. The topological polar surface area (TPSA) is 115 Å². The molecule has 0 spiro atoms. The highest BCUT2D eigenvalue weighted by molar-refractivity contribution is 5.90. The summed E-state index contributed by atoms with van der Waals surface area (Å²) in [7, 11) is 0. The Morgan fingerprint density at radius 3 is 1.80 bits per heavy atom. The first-order valence-corrected chi connectivity index (χ1v) is 19.0. The molecule has 0 amide bonds. The minimum atomic E-state index is -0.614. The number of esters is 1. The van der Waals surface area contributed by atoms with Crippen LogP contribution in [0.5, 0.6) is 0 Å². The van der Waals surface area contributed by atoms with Crippen LogP contribution in [-0.4, -0.2) is 75.9 Å². The van der Waals surface area contributed by atoms with Crippen LogP contribution in [0.15, 0.2) is 11.6 Å². The van der Waals surface area contributed by atoms with Crippen molar-refractivity contribution < 1.29 is 39.1 Å². The Kier molecular flexibility index (Phi) is 18.1. The molecule has 3 N–H and O–H groups in total. The first-order valence-electron chi connectivity index (χ1n) is 19.0. The standard InChI is InChI=1S/C38H68O8/c1-5-6-7-8-9-10-11-12-13-16-20-31(40)33-24-25-34(44-33)32(41)21-18-23-36-35(45-38(3,4)46-36)22-17-14-15-19-30(39)27-29-26-28(2)43-37(29)42/h26,28,30-36,39-41H,5-25,27H2,1-4H3/t28-,30+,31+,32+,33+,34+,35+,36-/m0/s1. The molecule has 0 aromatic carbocycles. The van der Waals surface area contributed by atoms with Crippen LogP contribution in [0.2, 0.25) is 0 Å². The Balaban J connectivity index is 1.24. The van der Waals surface area contributed by atoms with E-state index in [0.29, 0.717) is 24.8 Å². The molecule has 0 aromatic rings. The Bertz CT molecular complexity index is 875. The molecule has 0 saturated carbocycles. The van der Waals surface area contributed by atoms with Gasteiger partial charge in [0.05, 0.1) is 42.7 Å². The molecule has 3 aliphatic rings. The van der Waals surface area contributed by atoms with E-state index >= 15 is 0 Å². The van der Waals surface area contributed by atoms with Crippen LogP contribution in [0.1, 0.15) is 169 Å². The SMILES string of the molecule is CCCCCCCCCCCC[C@@H](O)[C@H]1CC[C@H]([C@H](O)CCC[C@@H]2OC(C)(C)O[C@@H]2CCCCC[C@@H](O)CC2=C[C@H](C)OC2=O)O1. The van der Waals surface area contributed by atoms with Gasteiger partial charge in [-0.05, 0) is 78.2 Å². The summed E-state index contributed by atoms with van der Waals surface area (Å²) in [5.41, 5.74) is 0.586. The number of carbonyl (C=O) groups excluding carboxylic acids is 1. The van der Waals surface area contributed by atoms with Gasteiger partial charge < -0.3 is 34.3 Å². The summed E-state index contributed by atoms with van der Waals surface area (Å²) in [5, 5.41) is 32.0. The molecule has 268 valence electrons. The summed E-state index contributed by atoms with van der Waals surface area (Å²) in [6, 6.07) is 0. The first-order chi connectivity index (χ1) is 22.1. The maximum absolute atomic E-state index is 11.8. The van der Waals surface area contributed by atoms with Crippen molar-refractivity contribution >= 4 is 5.97 Å². The van der Waals surface area contributed by atoms with Gasteiger partial charge in [-0.25, -0.2) is 4.79 Å². The lowest BCUT2D eigenvalue weighted by Gasteiger charge is -2.23. The number of aliphatic hydroxyl groups excluding tert-OH is 3. The summed E-state index contributed by atoms with van der Waals surface area (Å²) in [6.07, 6.45) is 22.1. The number of hydrogen-bond acceptors (Lipinski definition) is 8. The van der Waals surface area contributed by atoms with E-state index in [1.165, 1.54) is 57.8 Å². The van der Waals surface area contributed by atoms with E-state index in [1.807, 2.05) is 20.8 Å². The fourth-order valence-electron chi connectivity index (χ4n) is 7.43. The quantitative estimate of drug-likeness (QED) is 0.0675. The van der Waals surface area contributed by atoms with Crippen molar-refractivity contribution in [2.45, 2.75) is 224 Å². The summed E-state index contributed by atoms with van der Waals surface area (Å²) < 4.78 is 23.7. The van der Waals surface area contributed by atoms with Crippen molar-refractivity contribution in [2.24, 2.45) is 0 Å². The highest BCUT2D eigenvalue weighted by atomic mass is 16.7. The Hall–Kier alpha value is -1.03. The number of ether oxygens (including phenoxy) is 4. The third-order valence-corrected chi connectivity index (χ3v) is 10.0. The van der Waals surface area contributed by atoms with Gasteiger partial charge in [0.25, 0.3) is 0 Å². The normalized spacial score (nSPS) is 27.9. The van der Waals surface area contributed by atoms with Crippen molar-refractivity contribution in [1.82, 2.24) is 0 Å². The van der Waals surface area contributed by atoms with Crippen LogP contribution in [-0.2, 0) is 23.7 Å². The van der Waals surface area contributed by atoms with Gasteiger partial charge in [-0.3, -0.25) is 0 Å².